The molecular weight excluding hydrogens is 875 g/mol. The molecule has 0 saturated heterocycles. The number of amides is 1. The van der Waals surface area contributed by atoms with Gasteiger partial charge in [-0.25, -0.2) is 0 Å². The number of aliphatic hydroxyl groups excluding tert-OH is 2. The number of esters is 1. The van der Waals surface area contributed by atoms with Gasteiger partial charge in [-0.1, -0.05) is 301 Å². The first-order valence-corrected chi connectivity index (χ1v) is 32.1. The van der Waals surface area contributed by atoms with Crippen LogP contribution >= 0.6 is 0 Å². The van der Waals surface area contributed by atoms with Crippen molar-refractivity contribution in [3.05, 3.63) is 24.3 Å². The van der Waals surface area contributed by atoms with E-state index in [9.17, 15) is 19.8 Å². The van der Waals surface area contributed by atoms with Gasteiger partial charge in [0.15, 0.2) is 0 Å². The lowest BCUT2D eigenvalue weighted by Gasteiger charge is -2.20. The van der Waals surface area contributed by atoms with E-state index in [1.807, 2.05) is 6.08 Å². The summed E-state index contributed by atoms with van der Waals surface area (Å²) in [5.74, 6) is -0.109. The van der Waals surface area contributed by atoms with Crippen LogP contribution in [-0.2, 0) is 14.3 Å². The first kappa shape index (κ1) is 69.3. The Balaban J connectivity index is 3.49. The highest BCUT2D eigenvalue weighted by Gasteiger charge is 2.18. The van der Waals surface area contributed by atoms with E-state index in [1.54, 1.807) is 6.08 Å². The number of aliphatic hydroxyl groups is 2. The Morgan fingerprint density at radius 3 is 1.00 bits per heavy atom. The van der Waals surface area contributed by atoms with Gasteiger partial charge in [0.2, 0.25) is 5.91 Å². The highest BCUT2D eigenvalue weighted by molar-refractivity contribution is 5.76. The Kier molecular flexibility index (Phi) is 59.5. The number of hydrogen-bond acceptors (Lipinski definition) is 5. The molecule has 0 spiro atoms. The fraction of sp³-hybridized carbons (Fsp3) is 0.908. The largest absolute Gasteiger partial charge is 0.466 e. The Hall–Kier alpha value is -1.66. The molecule has 71 heavy (non-hydrogen) atoms. The van der Waals surface area contributed by atoms with E-state index in [4.69, 9.17) is 4.74 Å². The third kappa shape index (κ3) is 57.5. The average Bonchev–Trinajstić information content (AvgIpc) is 3.37. The third-order valence-electron chi connectivity index (χ3n) is 15.0. The molecule has 0 aliphatic rings. The first-order chi connectivity index (χ1) is 35.0. The van der Waals surface area contributed by atoms with Crippen molar-refractivity contribution in [2.24, 2.45) is 0 Å². The fourth-order valence-corrected chi connectivity index (χ4v) is 10.0. The zero-order chi connectivity index (χ0) is 51.4. The number of unbranched alkanes of at least 4 members (excludes halogenated alkanes) is 47. The molecule has 0 aromatic heterocycles. The maximum Gasteiger partial charge on any atom is 0.305 e. The van der Waals surface area contributed by atoms with E-state index < -0.39 is 12.1 Å². The summed E-state index contributed by atoms with van der Waals surface area (Å²) in [7, 11) is 0. The van der Waals surface area contributed by atoms with Gasteiger partial charge in [0.1, 0.15) is 0 Å². The van der Waals surface area contributed by atoms with Crippen molar-refractivity contribution in [2.45, 2.75) is 366 Å². The lowest BCUT2D eigenvalue weighted by Crippen LogP contribution is -2.45. The van der Waals surface area contributed by atoms with Crippen LogP contribution in [0.5, 0.6) is 0 Å². The summed E-state index contributed by atoms with van der Waals surface area (Å²) in [6.07, 6.45) is 75.1. The quantitative estimate of drug-likeness (QED) is 0.0320. The van der Waals surface area contributed by atoms with Gasteiger partial charge in [-0.15, -0.1) is 0 Å². The SMILES string of the molecule is CCCCCCCCCCCCCCCCCCCCCCCC/C=C/C(O)C(CO)NC(=O)CCCCCCC/C=C\CCCCCOC(=O)CCCCCCCCCCCCCCCCCCCC. The normalized spacial score (nSPS) is 12.7. The van der Waals surface area contributed by atoms with E-state index in [2.05, 4.69) is 31.3 Å². The molecule has 0 fully saturated rings. The lowest BCUT2D eigenvalue weighted by molar-refractivity contribution is -0.143. The van der Waals surface area contributed by atoms with Gasteiger partial charge in [0, 0.05) is 12.8 Å². The molecule has 2 atom stereocenters. The van der Waals surface area contributed by atoms with E-state index in [1.165, 1.54) is 250 Å². The number of ether oxygens (including phenoxy) is 1. The van der Waals surface area contributed by atoms with E-state index >= 15 is 0 Å². The molecule has 6 nitrogen and oxygen atoms in total. The maximum atomic E-state index is 12.5. The van der Waals surface area contributed by atoms with E-state index in [0.717, 1.165) is 77.0 Å². The zero-order valence-electron chi connectivity index (χ0n) is 48.0. The molecule has 0 aliphatic heterocycles. The van der Waals surface area contributed by atoms with Crippen LogP contribution in [0.25, 0.3) is 0 Å². The number of allylic oxidation sites excluding steroid dienone is 3. The minimum absolute atomic E-state index is 0.0190. The van der Waals surface area contributed by atoms with Crippen LogP contribution in [0.4, 0.5) is 0 Å². The standard InChI is InChI=1S/C65H125NO5/c1-3-5-7-9-11-13-15-17-19-21-23-24-25-26-27-28-29-31-33-37-41-45-49-53-57-63(68)62(61-67)66-64(69)58-54-50-46-42-38-35-36-40-44-48-52-56-60-71-65(70)59-55-51-47-43-39-34-32-30-22-20-18-16-14-12-10-8-6-4-2/h36,40,53,57,62-63,67-68H,3-35,37-39,41-52,54-56,58-61H2,1-2H3,(H,66,69)/b40-36-,57-53+. The van der Waals surface area contributed by atoms with Crippen molar-refractivity contribution < 1.29 is 24.5 Å². The maximum absolute atomic E-state index is 12.5. The molecule has 0 rings (SSSR count). The monoisotopic (exact) mass is 1000 g/mol. The summed E-state index contributed by atoms with van der Waals surface area (Å²) in [5, 5.41) is 23.2. The highest BCUT2D eigenvalue weighted by Crippen LogP contribution is 2.18. The number of carbonyl (C=O) groups is 2. The van der Waals surface area contributed by atoms with Crippen LogP contribution in [0.2, 0.25) is 0 Å². The molecule has 420 valence electrons. The minimum Gasteiger partial charge on any atom is -0.466 e. The molecule has 3 N–H and O–H groups in total. The van der Waals surface area contributed by atoms with Crippen LogP contribution in [0.3, 0.4) is 0 Å². The summed E-state index contributed by atoms with van der Waals surface area (Å²) < 4.78 is 5.47. The molecule has 2 unspecified atom stereocenters. The molecule has 1 amide bonds. The van der Waals surface area contributed by atoms with Crippen molar-refractivity contribution in [1.29, 1.82) is 0 Å². The minimum atomic E-state index is -0.862. The second-order valence-corrected chi connectivity index (χ2v) is 22.1. The second-order valence-electron chi connectivity index (χ2n) is 22.1. The summed E-state index contributed by atoms with van der Waals surface area (Å²) in [4.78, 5) is 24.6. The molecule has 0 aromatic carbocycles. The molecule has 0 aliphatic carbocycles. The number of hydrogen-bond donors (Lipinski definition) is 3. The van der Waals surface area contributed by atoms with Gasteiger partial charge in [-0.2, -0.15) is 0 Å². The van der Waals surface area contributed by atoms with Gasteiger partial charge in [0.25, 0.3) is 0 Å². The molecular formula is C65H125NO5. The molecule has 0 heterocycles. The van der Waals surface area contributed by atoms with Crippen LogP contribution in [-0.4, -0.2) is 47.4 Å². The smallest absolute Gasteiger partial charge is 0.305 e. The number of carbonyl (C=O) groups excluding carboxylic acids is 2. The van der Waals surface area contributed by atoms with Gasteiger partial charge in [-0.3, -0.25) is 9.59 Å². The van der Waals surface area contributed by atoms with Crippen molar-refractivity contribution in [3.63, 3.8) is 0 Å². The van der Waals surface area contributed by atoms with Crippen LogP contribution in [0.15, 0.2) is 24.3 Å². The predicted molar refractivity (Wildman–Crippen MR) is 310 cm³/mol. The van der Waals surface area contributed by atoms with E-state index in [-0.39, 0.29) is 18.5 Å². The average molecular weight is 1000 g/mol. The van der Waals surface area contributed by atoms with Crippen LogP contribution < -0.4 is 5.32 Å². The topological polar surface area (TPSA) is 95.9 Å². The van der Waals surface area contributed by atoms with Crippen molar-refractivity contribution >= 4 is 11.9 Å². The Morgan fingerprint density at radius 1 is 0.380 bits per heavy atom. The van der Waals surface area contributed by atoms with Gasteiger partial charge in [-0.05, 0) is 64.2 Å². The second kappa shape index (κ2) is 60.9. The number of nitrogens with one attached hydrogen (secondary N) is 1. The summed E-state index contributed by atoms with van der Waals surface area (Å²) >= 11 is 0. The van der Waals surface area contributed by atoms with Crippen molar-refractivity contribution in [2.75, 3.05) is 13.2 Å². The Labute approximate surface area is 443 Å². The molecule has 0 aromatic rings. The highest BCUT2D eigenvalue weighted by atomic mass is 16.5. The van der Waals surface area contributed by atoms with Crippen LogP contribution in [0, 0.1) is 0 Å². The molecule has 6 heteroatoms. The van der Waals surface area contributed by atoms with Crippen molar-refractivity contribution in [1.82, 2.24) is 5.32 Å². The van der Waals surface area contributed by atoms with Crippen LogP contribution in [0.1, 0.15) is 354 Å². The molecule has 0 radical (unpaired) electrons. The van der Waals surface area contributed by atoms with Gasteiger partial charge < -0.3 is 20.3 Å². The van der Waals surface area contributed by atoms with Gasteiger partial charge >= 0.3 is 5.97 Å². The van der Waals surface area contributed by atoms with Gasteiger partial charge in [0.05, 0.1) is 25.4 Å². The third-order valence-corrected chi connectivity index (χ3v) is 15.0. The lowest BCUT2D eigenvalue weighted by atomic mass is 10.0. The summed E-state index contributed by atoms with van der Waals surface area (Å²) in [6, 6.07) is -0.647. The fourth-order valence-electron chi connectivity index (χ4n) is 10.0. The zero-order valence-corrected chi connectivity index (χ0v) is 48.0. The first-order valence-electron chi connectivity index (χ1n) is 32.1. The Bertz CT molecular complexity index is 1110. The predicted octanol–water partition coefficient (Wildman–Crippen LogP) is 20.2. The molecule has 0 saturated carbocycles. The Morgan fingerprint density at radius 2 is 0.662 bits per heavy atom. The van der Waals surface area contributed by atoms with E-state index in [0.29, 0.717) is 19.4 Å². The summed E-state index contributed by atoms with van der Waals surface area (Å²) in [6.45, 7) is 4.88. The molecule has 0 bridgehead atoms. The van der Waals surface area contributed by atoms with Crippen molar-refractivity contribution in [3.8, 4) is 0 Å². The summed E-state index contributed by atoms with van der Waals surface area (Å²) in [5.41, 5.74) is 0. The number of rotatable bonds is 60.